The summed E-state index contributed by atoms with van der Waals surface area (Å²) in [5.41, 5.74) is -0.964. The maximum Gasteiger partial charge on any atom is 1.00 e. The van der Waals surface area contributed by atoms with Crippen LogP contribution >= 0.6 is 7.60 Å². The third kappa shape index (κ3) is 5.43. The molecule has 0 radical (unpaired) electrons. The summed E-state index contributed by atoms with van der Waals surface area (Å²) in [6.45, 7) is 4.02. The van der Waals surface area contributed by atoms with Crippen LogP contribution in [0.5, 0.6) is 0 Å². The van der Waals surface area contributed by atoms with Gasteiger partial charge in [0.1, 0.15) is 0 Å². The summed E-state index contributed by atoms with van der Waals surface area (Å²) in [4.78, 5) is 20.7. The van der Waals surface area contributed by atoms with Crippen LogP contribution in [-0.2, 0) is 13.9 Å². The summed E-state index contributed by atoms with van der Waals surface area (Å²) in [6.07, 6.45) is 1.26. The summed E-state index contributed by atoms with van der Waals surface area (Å²) < 4.78 is 14.7. The fourth-order valence-electron chi connectivity index (χ4n) is 0.242. The van der Waals surface area contributed by atoms with Crippen LogP contribution in [0, 0.1) is 0 Å². The van der Waals surface area contributed by atoms with E-state index in [2.05, 4.69) is 11.1 Å². The van der Waals surface area contributed by atoms with Gasteiger partial charge in [0.15, 0.2) is 0 Å². The van der Waals surface area contributed by atoms with Gasteiger partial charge in [-0.15, -0.1) is 6.58 Å². The van der Waals surface area contributed by atoms with Crippen molar-refractivity contribution < 1.29 is 37.6 Å². The van der Waals surface area contributed by atoms with Crippen molar-refractivity contribution in [2.24, 2.45) is 0 Å². The summed E-state index contributed by atoms with van der Waals surface area (Å²) in [5.74, 6) is 0. The fourth-order valence-corrected chi connectivity index (χ4v) is 0.725. The minimum Gasteiger partial charge on any atom is -0.773 e. The summed E-state index contributed by atoms with van der Waals surface area (Å²) in [6, 6.07) is 0. The predicted octanol–water partition coefficient (Wildman–Crippen LogP) is -2.71. The van der Waals surface area contributed by atoms with Gasteiger partial charge in [0.25, 0.3) is 0 Å². The Bertz CT molecular complexity index is 191. The van der Waals surface area contributed by atoms with Crippen LogP contribution in [0.3, 0.4) is 0 Å². The summed E-state index contributed by atoms with van der Waals surface area (Å²) in [5, 5.41) is 0. The van der Waals surface area contributed by atoms with Gasteiger partial charge in [-0.05, 0) is 0 Å². The van der Waals surface area contributed by atoms with Crippen LogP contribution < -0.4 is 23.8 Å². The van der Waals surface area contributed by atoms with Gasteiger partial charge in [-0.3, -0.25) is 4.79 Å². The first-order valence-electron chi connectivity index (χ1n) is 2.58. The Kier molecular flexibility index (Phi) is 7.19. The average Bonchev–Trinajstić information content (AvgIpc) is 1.84. The SMILES string of the molecule is C=CCOP(=O)([O-])C(C)=O.[Li+]. The first kappa shape index (κ1) is 13.7. The van der Waals surface area contributed by atoms with Gasteiger partial charge in [0.2, 0.25) is 13.1 Å². The molecule has 0 fully saturated rings. The van der Waals surface area contributed by atoms with Crippen molar-refractivity contribution in [2.75, 3.05) is 6.61 Å². The monoisotopic (exact) mass is 170 g/mol. The first-order valence-corrected chi connectivity index (χ1v) is 4.12. The van der Waals surface area contributed by atoms with Gasteiger partial charge >= 0.3 is 18.9 Å². The second-order valence-corrected chi connectivity index (χ2v) is 3.48. The minimum atomic E-state index is -4.24. The molecule has 0 amide bonds. The van der Waals surface area contributed by atoms with E-state index in [1.165, 1.54) is 6.08 Å². The predicted molar refractivity (Wildman–Crippen MR) is 34.4 cm³/mol. The van der Waals surface area contributed by atoms with E-state index in [4.69, 9.17) is 0 Å². The molecule has 1 atom stereocenters. The average molecular weight is 170 g/mol. The fraction of sp³-hybridized carbons (Fsp3) is 0.400. The number of rotatable bonds is 4. The topological polar surface area (TPSA) is 66.4 Å². The molecule has 0 aromatic rings. The van der Waals surface area contributed by atoms with Crippen molar-refractivity contribution in [1.29, 1.82) is 0 Å². The van der Waals surface area contributed by atoms with E-state index in [-0.39, 0.29) is 25.5 Å². The maximum absolute atomic E-state index is 10.5. The number of hydrogen-bond acceptors (Lipinski definition) is 4. The molecular weight excluding hydrogens is 162 g/mol. The van der Waals surface area contributed by atoms with Crippen LogP contribution in [0.15, 0.2) is 12.7 Å². The largest absolute Gasteiger partial charge is 1.00 e. The molecule has 0 aromatic heterocycles. The molecule has 1 unspecified atom stereocenters. The van der Waals surface area contributed by atoms with Crippen LogP contribution in [0.1, 0.15) is 6.92 Å². The Morgan fingerprint density at radius 2 is 2.27 bits per heavy atom. The maximum atomic E-state index is 10.5. The van der Waals surface area contributed by atoms with Gasteiger partial charge in [0, 0.05) is 6.92 Å². The Hall–Kier alpha value is 0.157. The number of carbonyl (C=O) groups is 1. The van der Waals surface area contributed by atoms with Crippen LogP contribution in [0.2, 0.25) is 0 Å². The van der Waals surface area contributed by atoms with E-state index in [9.17, 15) is 14.3 Å². The molecule has 4 nitrogen and oxygen atoms in total. The Labute approximate surface area is 77.3 Å². The molecule has 0 saturated carbocycles. The zero-order valence-electron chi connectivity index (χ0n) is 6.57. The molecule has 0 aliphatic carbocycles. The van der Waals surface area contributed by atoms with Crippen molar-refractivity contribution >= 4 is 13.1 Å². The second-order valence-electron chi connectivity index (χ2n) is 1.60. The Morgan fingerprint density at radius 3 is 2.55 bits per heavy atom. The van der Waals surface area contributed by atoms with Gasteiger partial charge in [-0.1, -0.05) is 6.08 Å². The normalized spacial score (nSPS) is 14.4. The van der Waals surface area contributed by atoms with E-state index < -0.39 is 13.1 Å². The van der Waals surface area contributed by atoms with Gasteiger partial charge in [-0.25, -0.2) is 0 Å². The zero-order chi connectivity index (χ0) is 8.20. The van der Waals surface area contributed by atoms with Crippen molar-refractivity contribution in [3.05, 3.63) is 12.7 Å². The van der Waals surface area contributed by atoms with E-state index >= 15 is 0 Å². The molecule has 0 bridgehead atoms. The third-order valence-corrected chi connectivity index (χ3v) is 2.01. The number of hydrogen-bond donors (Lipinski definition) is 0. The molecule has 0 aliphatic heterocycles. The molecule has 0 rings (SSSR count). The van der Waals surface area contributed by atoms with Crippen LogP contribution in [0.25, 0.3) is 0 Å². The molecule has 11 heavy (non-hydrogen) atoms. The third-order valence-electron chi connectivity index (χ3n) is 0.748. The van der Waals surface area contributed by atoms with Crippen LogP contribution in [0.4, 0.5) is 0 Å². The molecule has 0 N–H and O–H groups in total. The molecule has 6 heteroatoms. The number of carbonyl (C=O) groups excluding carboxylic acids is 1. The molecular formula is C5H8LiO4P. The van der Waals surface area contributed by atoms with Gasteiger partial charge in [-0.2, -0.15) is 0 Å². The Morgan fingerprint density at radius 1 is 1.82 bits per heavy atom. The Balaban J connectivity index is 0. The molecule has 58 valence electrons. The van der Waals surface area contributed by atoms with Crippen molar-refractivity contribution in [3.8, 4) is 0 Å². The van der Waals surface area contributed by atoms with Crippen molar-refractivity contribution in [1.82, 2.24) is 0 Å². The molecule has 0 spiro atoms. The molecule has 0 aliphatic rings. The zero-order valence-corrected chi connectivity index (χ0v) is 7.47. The molecule has 0 heterocycles. The van der Waals surface area contributed by atoms with Gasteiger partial charge < -0.3 is 14.0 Å². The van der Waals surface area contributed by atoms with E-state index in [0.29, 0.717) is 0 Å². The standard InChI is InChI=1S/C5H9O4P.Li/c1-3-4-9-10(7,8)5(2)6;/h3H,1,4H2,2H3,(H,7,8);/q;+1/p-1. The van der Waals surface area contributed by atoms with Crippen molar-refractivity contribution in [3.63, 3.8) is 0 Å². The quantitative estimate of drug-likeness (QED) is 0.261. The minimum absolute atomic E-state index is 0. The molecule has 0 aromatic carbocycles. The van der Waals surface area contributed by atoms with Gasteiger partial charge in [0.05, 0.1) is 6.61 Å². The first-order chi connectivity index (χ1) is 4.50. The van der Waals surface area contributed by atoms with E-state index in [0.717, 1.165) is 6.92 Å². The summed E-state index contributed by atoms with van der Waals surface area (Å²) >= 11 is 0. The van der Waals surface area contributed by atoms with Crippen LogP contribution in [-0.4, -0.2) is 12.1 Å². The second kappa shape index (κ2) is 5.76. The molecule has 0 saturated heterocycles. The van der Waals surface area contributed by atoms with Crippen molar-refractivity contribution in [2.45, 2.75) is 6.92 Å². The van der Waals surface area contributed by atoms with E-state index in [1.807, 2.05) is 0 Å². The summed E-state index contributed by atoms with van der Waals surface area (Å²) in [7, 11) is -4.24. The smallest absolute Gasteiger partial charge is 0.773 e. The van der Waals surface area contributed by atoms with E-state index in [1.54, 1.807) is 0 Å².